The Morgan fingerprint density at radius 2 is 2.28 bits per heavy atom. The van der Waals surface area contributed by atoms with Gasteiger partial charge in [0.1, 0.15) is 5.76 Å². The molecule has 3 heteroatoms. The lowest BCUT2D eigenvalue weighted by Crippen LogP contribution is -2.17. The molecular weight excluding hydrogens is 226 g/mol. The fourth-order valence-electron chi connectivity index (χ4n) is 2.52. The van der Waals surface area contributed by atoms with Gasteiger partial charge in [-0.25, -0.2) is 0 Å². The first-order chi connectivity index (χ1) is 8.83. The fourth-order valence-corrected chi connectivity index (χ4v) is 2.52. The van der Waals surface area contributed by atoms with Crippen LogP contribution in [-0.2, 0) is 0 Å². The molecule has 1 fully saturated rings. The van der Waals surface area contributed by atoms with E-state index in [1.807, 2.05) is 26.1 Å². The molecule has 0 spiro atoms. The Morgan fingerprint density at radius 1 is 1.44 bits per heavy atom. The summed E-state index contributed by atoms with van der Waals surface area (Å²) in [7, 11) is 2.00. The van der Waals surface area contributed by atoms with Crippen LogP contribution in [0.5, 0.6) is 5.75 Å². The third-order valence-corrected chi connectivity index (χ3v) is 3.54. The molecule has 1 heterocycles. The van der Waals surface area contributed by atoms with Crippen molar-refractivity contribution in [2.45, 2.75) is 25.8 Å². The smallest absolute Gasteiger partial charge is 0.176 e. The Kier molecular flexibility index (Phi) is 3.00. The van der Waals surface area contributed by atoms with Crippen molar-refractivity contribution in [2.75, 3.05) is 13.7 Å². The first-order valence-corrected chi connectivity index (χ1v) is 6.66. The van der Waals surface area contributed by atoms with Crippen LogP contribution in [0.3, 0.4) is 0 Å². The van der Waals surface area contributed by atoms with Gasteiger partial charge in [0.05, 0.1) is 12.6 Å². The van der Waals surface area contributed by atoms with Crippen LogP contribution in [0.2, 0.25) is 0 Å². The van der Waals surface area contributed by atoms with E-state index < -0.39 is 0 Å². The molecule has 1 atom stereocenters. The lowest BCUT2D eigenvalue weighted by Gasteiger charge is -2.11. The molecule has 1 aromatic carbocycles. The molecule has 0 bridgehead atoms. The maximum absolute atomic E-state index is 6.02. The lowest BCUT2D eigenvalue weighted by atomic mass is 10.1. The molecule has 1 N–H and O–H groups in total. The second-order valence-electron chi connectivity index (χ2n) is 4.86. The summed E-state index contributed by atoms with van der Waals surface area (Å²) in [5, 5.41) is 4.48. The van der Waals surface area contributed by atoms with E-state index in [2.05, 4.69) is 17.4 Å². The van der Waals surface area contributed by atoms with Crippen LogP contribution in [-0.4, -0.2) is 13.7 Å². The highest BCUT2D eigenvalue weighted by Crippen LogP contribution is 2.43. The Morgan fingerprint density at radius 3 is 2.94 bits per heavy atom. The molecule has 2 aromatic rings. The first-order valence-electron chi connectivity index (χ1n) is 6.66. The van der Waals surface area contributed by atoms with Gasteiger partial charge in [-0.2, -0.15) is 0 Å². The molecule has 1 saturated carbocycles. The quantitative estimate of drug-likeness (QED) is 0.875. The van der Waals surface area contributed by atoms with Gasteiger partial charge in [0.2, 0.25) is 0 Å². The Bertz CT molecular complexity index is 542. The van der Waals surface area contributed by atoms with Crippen LogP contribution in [0.25, 0.3) is 11.0 Å². The lowest BCUT2D eigenvalue weighted by molar-refractivity contribution is 0.334. The molecule has 3 rings (SSSR count). The van der Waals surface area contributed by atoms with Gasteiger partial charge in [0, 0.05) is 5.39 Å². The summed E-state index contributed by atoms with van der Waals surface area (Å²) in [5.74, 6) is 2.60. The fraction of sp³-hybridized carbons (Fsp3) is 0.467. The zero-order chi connectivity index (χ0) is 12.5. The summed E-state index contributed by atoms with van der Waals surface area (Å²) in [6.45, 7) is 2.65. The van der Waals surface area contributed by atoms with Crippen LogP contribution in [0.1, 0.15) is 31.6 Å². The minimum atomic E-state index is 0.340. The van der Waals surface area contributed by atoms with Crippen molar-refractivity contribution in [3.63, 3.8) is 0 Å². The predicted octanol–water partition coefficient (Wildman–Crippen LogP) is 3.50. The SMILES string of the molecule is CCOc1cccc2cc(C(NC)C3CC3)oc12. The number of hydrogen-bond donors (Lipinski definition) is 1. The summed E-state index contributed by atoms with van der Waals surface area (Å²) in [6, 6.07) is 8.52. The van der Waals surface area contributed by atoms with E-state index in [0.29, 0.717) is 12.6 Å². The van der Waals surface area contributed by atoms with Crippen molar-refractivity contribution in [2.24, 2.45) is 5.92 Å². The highest BCUT2D eigenvalue weighted by molar-refractivity contribution is 5.83. The van der Waals surface area contributed by atoms with Gasteiger partial charge in [-0.3, -0.25) is 0 Å². The maximum Gasteiger partial charge on any atom is 0.176 e. The van der Waals surface area contributed by atoms with Crippen molar-refractivity contribution < 1.29 is 9.15 Å². The van der Waals surface area contributed by atoms with Gasteiger partial charge in [0.15, 0.2) is 11.3 Å². The average Bonchev–Trinajstić information content (AvgIpc) is 3.10. The van der Waals surface area contributed by atoms with Crippen LogP contribution < -0.4 is 10.1 Å². The van der Waals surface area contributed by atoms with E-state index in [9.17, 15) is 0 Å². The van der Waals surface area contributed by atoms with Gasteiger partial charge in [0.25, 0.3) is 0 Å². The van der Waals surface area contributed by atoms with Crippen molar-refractivity contribution in [3.8, 4) is 5.75 Å². The van der Waals surface area contributed by atoms with Crippen molar-refractivity contribution in [1.82, 2.24) is 5.32 Å². The van der Waals surface area contributed by atoms with E-state index in [0.717, 1.165) is 28.4 Å². The second-order valence-corrected chi connectivity index (χ2v) is 4.86. The van der Waals surface area contributed by atoms with Crippen molar-refractivity contribution in [3.05, 3.63) is 30.0 Å². The molecule has 3 nitrogen and oxygen atoms in total. The topological polar surface area (TPSA) is 34.4 Å². The standard InChI is InChI=1S/C15H19NO2/c1-3-17-12-6-4-5-11-9-13(18-15(11)12)14(16-2)10-7-8-10/h4-6,9-10,14,16H,3,7-8H2,1-2H3. The minimum absolute atomic E-state index is 0.340. The molecule has 18 heavy (non-hydrogen) atoms. The third kappa shape index (κ3) is 1.99. The van der Waals surface area contributed by atoms with Gasteiger partial charge >= 0.3 is 0 Å². The van der Waals surface area contributed by atoms with Crippen LogP contribution in [0, 0.1) is 5.92 Å². The molecular formula is C15H19NO2. The largest absolute Gasteiger partial charge is 0.490 e. The maximum atomic E-state index is 6.02. The third-order valence-electron chi connectivity index (χ3n) is 3.54. The van der Waals surface area contributed by atoms with Gasteiger partial charge in [-0.1, -0.05) is 12.1 Å². The highest BCUT2D eigenvalue weighted by atomic mass is 16.5. The molecule has 1 aliphatic carbocycles. The zero-order valence-corrected chi connectivity index (χ0v) is 10.9. The van der Waals surface area contributed by atoms with Crippen LogP contribution >= 0.6 is 0 Å². The summed E-state index contributed by atoms with van der Waals surface area (Å²) >= 11 is 0. The van der Waals surface area contributed by atoms with Gasteiger partial charge in [-0.15, -0.1) is 0 Å². The van der Waals surface area contributed by atoms with Gasteiger partial charge < -0.3 is 14.5 Å². The van der Waals surface area contributed by atoms with E-state index in [1.54, 1.807) is 0 Å². The number of fused-ring (bicyclic) bond motifs is 1. The molecule has 0 radical (unpaired) electrons. The predicted molar refractivity (Wildman–Crippen MR) is 71.9 cm³/mol. The number of hydrogen-bond acceptors (Lipinski definition) is 3. The molecule has 0 amide bonds. The summed E-state index contributed by atoms with van der Waals surface area (Å²) in [4.78, 5) is 0. The van der Waals surface area contributed by atoms with Crippen molar-refractivity contribution in [1.29, 1.82) is 0 Å². The second kappa shape index (κ2) is 4.65. The zero-order valence-electron chi connectivity index (χ0n) is 10.9. The molecule has 1 aromatic heterocycles. The first kappa shape index (κ1) is 11.6. The Hall–Kier alpha value is -1.48. The number of benzene rings is 1. The molecule has 0 saturated heterocycles. The molecule has 0 aliphatic heterocycles. The van der Waals surface area contributed by atoms with Crippen LogP contribution in [0.15, 0.2) is 28.7 Å². The summed E-state index contributed by atoms with van der Waals surface area (Å²) < 4.78 is 11.6. The summed E-state index contributed by atoms with van der Waals surface area (Å²) in [6.07, 6.45) is 2.59. The van der Waals surface area contributed by atoms with E-state index in [-0.39, 0.29) is 0 Å². The van der Waals surface area contributed by atoms with Crippen LogP contribution in [0.4, 0.5) is 0 Å². The Labute approximate surface area is 107 Å². The van der Waals surface area contributed by atoms with E-state index in [4.69, 9.17) is 9.15 Å². The summed E-state index contributed by atoms with van der Waals surface area (Å²) in [5.41, 5.74) is 0.871. The van der Waals surface area contributed by atoms with E-state index in [1.165, 1.54) is 12.8 Å². The van der Waals surface area contributed by atoms with Gasteiger partial charge in [-0.05, 0) is 44.9 Å². The highest BCUT2D eigenvalue weighted by Gasteiger charge is 2.33. The molecule has 1 unspecified atom stereocenters. The number of furan rings is 1. The van der Waals surface area contributed by atoms with Crippen molar-refractivity contribution >= 4 is 11.0 Å². The molecule has 96 valence electrons. The number of rotatable bonds is 5. The Balaban J connectivity index is 2.01. The average molecular weight is 245 g/mol. The van der Waals surface area contributed by atoms with E-state index >= 15 is 0 Å². The monoisotopic (exact) mass is 245 g/mol. The minimum Gasteiger partial charge on any atom is -0.490 e. The number of nitrogens with one attached hydrogen (secondary N) is 1. The molecule has 1 aliphatic rings. The number of para-hydroxylation sites is 1. The number of ether oxygens (including phenoxy) is 1. The normalized spacial score (nSPS) is 17.0.